The molecule has 142 valence electrons. The van der Waals surface area contributed by atoms with Crippen molar-refractivity contribution in [3.05, 3.63) is 64.2 Å². The minimum absolute atomic E-state index is 0.0895. The smallest absolute Gasteiger partial charge is 0.244 e. The summed E-state index contributed by atoms with van der Waals surface area (Å²) in [6, 6.07) is 11.6. The molecule has 0 radical (unpaired) electrons. The van der Waals surface area contributed by atoms with Gasteiger partial charge in [-0.3, -0.25) is 4.79 Å². The van der Waals surface area contributed by atoms with Crippen molar-refractivity contribution >= 4 is 15.9 Å². The molecule has 2 aromatic carbocycles. The number of amides is 1. The number of carbonyl (C=O) groups excluding carboxylic acids is 1. The van der Waals surface area contributed by atoms with Crippen LogP contribution in [0.4, 0.5) is 0 Å². The van der Waals surface area contributed by atoms with Crippen molar-refractivity contribution in [3.63, 3.8) is 0 Å². The van der Waals surface area contributed by atoms with Gasteiger partial charge in [0.25, 0.3) is 0 Å². The number of sulfonamides is 1. The molecule has 0 aliphatic carbocycles. The number of carbonyl (C=O) groups is 1. The van der Waals surface area contributed by atoms with E-state index in [0.29, 0.717) is 18.0 Å². The van der Waals surface area contributed by atoms with Crippen molar-refractivity contribution in [1.82, 2.24) is 9.21 Å². The van der Waals surface area contributed by atoms with Gasteiger partial charge in [-0.15, -0.1) is 0 Å². The largest absolute Gasteiger partial charge is 0.333 e. The van der Waals surface area contributed by atoms with Gasteiger partial charge in [0.2, 0.25) is 15.9 Å². The Morgan fingerprint density at radius 3 is 2.41 bits per heavy atom. The molecule has 6 heteroatoms. The summed E-state index contributed by atoms with van der Waals surface area (Å²) in [5.74, 6) is -0.119. The third-order valence-corrected chi connectivity index (χ3v) is 7.74. The van der Waals surface area contributed by atoms with E-state index >= 15 is 0 Å². The molecule has 2 aromatic rings. The summed E-state index contributed by atoms with van der Waals surface area (Å²) in [4.78, 5) is 14.9. The van der Waals surface area contributed by atoms with Crippen LogP contribution >= 0.6 is 0 Å². The van der Waals surface area contributed by atoms with Gasteiger partial charge in [0.1, 0.15) is 0 Å². The fourth-order valence-electron chi connectivity index (χ4n) is 4.53. The fourth-order valence-corrected chi connectivity index (χ4v) is 6.34. The van der Waals surface area contributed by atoms with E-state index in [2.05, 4.69) is 6.07 Å². The Bertz CT molecular complexity index is 1010. The number of benzene rings is 2. The Morgan fingerprint density at radius 1 is 1.04 bits per heavy atom. The van der Waals surface area contributed by atoms with Crippen LogP contribution in [-0.2, 0) is 21.2 Å². The van der Waals surface area contributed by atoms with Crippen LogP contribution in [0.5, 0.6) is 0 Å². The van der Waals surface area contributed by atoms with Crippen LogP contribution < -0.4 is 0 Å². The molecule has 5 nitrogen and oxygen atoms in total. The van der Waals surface area contributed by atoms with Gasteiger partial charge in [0.05, 0.1) is 17.5 Å². The topological polar surface area (TPSA) is 57.7 Å². The van der Waals surface area contributed by atoms with Gasteiger partial charge in [-0.05, 0) is 49.4 Å². The first kappa shape index (κ1) is 18.2. The average Bonchev–Trinajstić information content (AvgIpc) is 2.60. The molecule has 1 saturated heterocycles. The van der Waals surface area contributed by atoms with Crippen LogP contribution in [0.2, 0.25) is 0 Å². The molecule has 0 N–H and O–H groups in total. The minimum Gasteiger partial charge on any atom is -0.333 e. The molecule has 1 fully saturated rings. The van der Waals surface area contributed by atoms with Crippen molar-refractivity contribution in [2.24, 2.45) is 0 Å². The molecule has 0 aromatic heterocycles. The Balaban J connectivity index is 1.75. The highest BCUT2D eigenvalue weighted by Gasteiger charge is 2.42. The maximum absolute atomic E-state index is 13.4. The summed E-state index contributed by atoms with van der Waals surface area (Å²) < 4.78 is 28.2. The van der Waals surface area contributed by atoms with Crippen LogP contribution in [0.3, 0.4) is 0 Å². The van der Waals surface area contributed by atoms with Gasteiger partial charge in [0.15, 0.2) is 0 Å². The molecule has 1 unspecified atom stereocenters. The molecule has 2 aliphatic heterocycles. The highest BCUT2D eigenvalue weighted by atomic mass is 32.2. The zero-order valence-corrected chi connectivity index (χ0v) is 16.7. The summed E-state index contributed by atoms with van der Waals surface area (Å²) in [6.45, 7) is 6.46. The molecule has 2 aliphatic rings. The first-order valence-electron chi connectivity index (χ1n) is 9.24. The lowest BCUT2D eigenvalue weighted by atomic mass is 9.91. The SMILES string of the molecule is Cc1cc(C)c(S(=O)(=O)N2CC(=O)N3CCc4ccccc4C3C2)c(C)c1. The van der Waals surface area contributed by atoms with Crippen LogP contribution in [0, 0.1) is 20.8 Å². The molecule has 0 saturated carbocycles. The minimum atomic E-state index is -3.74. The van der Waals surface area contributed by atoms with Crippen molar-refractivity contribution in [2.75, 3.05) is 19.6 Å². The lowest BCUT2D eigenvalue weighted by Gasteiger charge is -2.44. The van der Waals surface area contributed by atoms with E-state index in [1.54, 1.807) is 0 Å². The van der Waals surface area contributed by atoms with Crippen LogP contribution in [0.25, 0.3) is 0 Å². The van der Waals surface area contributed by atoms with E-state index in [-0.39, 0.29) is 18.5 Å². The van der Waals surface area contributed by atoms with E-state index in [1.807, 2.05) is 56.0 Å². The molecule has 0 spiro atoms. The zero-order chi connectivity index (χ0) is 19.3. The Labute approximate surface area is 160 Å². The number of rotatable bonds is 2. The van der Waals surface area contributed by atoms with Gasteiger partial charge < -0.3 is 4.90 Å². The number of hydrogen-bond acceptors (Lipinski definition) is 3. The number of piperazine rings is 1. The van der Waals surface area contributed by atoms with Crippen LogP contribution in [0.15, 0.2) is 41.3 Å². The quantitative estimate of drug-likeness (QED) is 0.800. The van der Waals surface area contributed by atoms with Crippen molar-refractivity contribution in [2.45, 2.75) is 38.1 Å². The predicted octanol–water partition coefficient (Wildman–Crippen LogP) is 2.74. The Hall–Kier alpha value is -2.18. The second-order valence-electron chi connectivity index (χ2n) is 7.58. The second-order valence-corrected chi connectivity index (χ2v) is 9.45. The van der Waals surface area contributed by atoms with E-state index < -0.39 is 10.0 Å². The predicted molar refractivity (Wildman–Crippen MR) is 104 cm³/mol. The van der Waals surface area contributed by atoms with Crippen molar-refractivity contribution in [1.29, 1.82) is 0 Å². The molecule has 2 heterocycles. The maximum Gasteiger partial charge on any atom is 0.244 e. The zero-order valence-electron chi connectivity index (χ0n) is 15.9. The number of hydrogen-bond donors (Lipinski definition) is 0. The van der Waals surface area contributed by atoms with Crippen LogP contribution in [0.1, 0.15) is 33.9 Å². The van der Waals surface area contributed by atoms with Gasteiger partial charge in [-0.1, -0.05) is 42.0 Å². The first-order valence-corrected chi connectivity index (χ1v) is 10.7. The number of aryl methyl sites for hydroxylation is 3. The first-order chi connectivity index (χ1) is 12.8. The molecule has 0 bridgehead atoms. The summed E-state index contributed by atoms with van der Waals surface area (Å²) >= 11 is 0. The van der Waals surface area contributed by atoms with Crippen molar-refractivity contribution in [3.8, 4) is 0 Å². The van der Waals surface area contributed by atoms with Crippen molar-refractivity contribution < 1.29 is 13.2 Å². The van der Waals surface area contributed by atoms with Crippen LogP contribution in [-0.4, -0.2) is 43.2 Å². The van der Waals surface area contributed by atoms with Gasteiger partial charge >= 0.3 is 0 Å². The summed E-state index contributed by atoms with van der Waals surface area (Å²) in [5, 5.41) is 0. The molecule has 27 heavy (non-hydrogen) atoms. The van der Waals surface area contributed by atoms with E-state index in [1.165, 1.54) is 9.87 Å². The maximum atomic E-state index is 13.4. The molecular formula is C21H24N2O3S. The third-order valence-electron chi connectivity index (χ3n) is 5.62. The molecule has 1 atom stereocenters. The summed E-state index contributed by atoms with van der Waals surface area (Å²) in [6.07, 6.45) is 0.821. The standard InChI is InChI=1S/C21H24N2O3S/c1-14-10-15(2)21(16(3)11-14)27(25,26)22-12-19-18-7-5-4-6-17(18)8-9-23(19)20(24)13-22/h4-7,10-11,19H,8-9,12-13H2,1-3H3. The van der Waals surface area contributed by atoms with E-state index in [0.717, 1.165) is 28.7 Å². The number of fused-ring (bicyclic) bond motifs is 3. The lowest BCUT2D eigenvalue weighted by molar-refractivity contribution is -0.138. The lowest BCUT2D eigenvalue weighted by Crippen LogP contribution is -2.55. The normalized spacial score (nSPS) is 20.3. The summed E-state index contributed by atoms with van der Waals surface area (Å²) in [5.41, 5.74) is 4.76. The van der Waals surface area contributed by atoms with Gasteiger partial charge in [-0.25, -0.2) is 8.42 Å². The summed E-state index contributed by atoms with van der Waals surface area (Å²) in [7, 11) is -3.74. The fraction of sp³-hybridized carbons (Fsp3) is 0.381. The molecule has 4 rings (SSSR count). The van der Waals surface area contributed by atoms with E-state index in [4.69, 9.17) is 0 Å². The second kappa shape index (κ2) is 6.46. The Morgan fingerprint density at radius 2 is 1.70 bits per heavy atom. The highest BCUT2D eigenvalue weighted by Crippen LogP contribution is 2.35. The highest BCUT2D eigenvalue weighted by molar-refractivity contribution is 7.89. The van der Waals surface area contributed by atoms with Gasteiger partial charge in [-0.2, -0.15) is 4.31 Å². The number of nitrogens with zero attached hydrogens (tertiary/aromatic N) is 2. The monoisotopic (exact) mass is 384 g/mol. The molecule has 1 amide bonds. The van der Waals surface area contributed by atoms with E-state index in [9.17, 15) is 13.2 Å². The third kappa shape index (κ3) is 2.97. The average molecular weight is 385 g/mol. The molecular weight excluding hydrogens is 360 g/mol. The van der Waals surface area contributed by atoms with Gasteiger partial charge in [0, 0.05) is 13.1 Å². The Kier molecular flexibility index (Phi) is 4.35.